The van der Waals surface area contributed by atoms with Crippen LogP contribution in [0.25, 0.3) is 0 Å². The van der Waals surface area contributed by atoms with Gasteiger partial charge in [0, 0.05) is 50.7 Å². The van der Waals surface area contributed by atoms with E-state index in [1.807, 2.05) is 25.2 Å². The van der Waals surface area contributed by atoms with Gasteiger partial charge in [-0.3, -0.25) is 10.1 Å². The molecule has 0 N–H and O–H groups in total. The maximum atomic E-state index is 10.6. The molecule has 0 amide bonds. The van der Waals surface area contributed by atoms with Crippen LogP contribution in [-0.4, -0.2) is 32.1 Å². The molecule has 0 saturated carbocycles. The molecule has 0 aliphatic heterocycles. The van der Waals surface area contributed by atoms with Crippen molar-refractivity contribution in [2.45, 2.75) is 0 Å². The Hall–Kier alpha value is -2.56. The number of hydrogen-bond donors (Lipinski definition) is 0. The average Bonchev–Trinajstić information content (AvgIpc) is 2.53. The first kappa shape index (κ1) is 14.8. The quantitative estimate of drug-likeness (QED) is 0.604. The number of nitro benzene ring substituents is 1. The number of likely N-dealkylation sites (N-methyl/N-ethyl adjacent to an activating group) is 2. The summed E-state index contributed by atoms with van der Waals surface area (Å²) in [7, 11) is 4.04. The lowest BCUT2D eigenvalue weighted by molar-refractivity contribution is -0.384. The highest BCUT2D eigenvalue weighted by molar-refractivity contribution is 5.51. The summed E-state index contributed by atoms with van der Waals surface area (Å²) in [4.78, 5) is 14.5. The van der Waals surface area contributed by atoms with Gasteiger partial charge in [-0.2, -0.15) is 0 Å². The number of hydrogen-bond acceptors (Lipinski definition) is 4. The fourth-order valence-corrected chi connectivity index (χ4v) is 2.07. The Morgan fingerprint density at radius 1 is 0.857 bits per heavy atom. The first-order valence-corrected chi connectivity index (χ1v) is 6.79. The number of nitro groups is 1. The molecule has 0 radical (unpaired) electrons. The first-order valence-electron chi connectivity index (χ1n) is 6.79. The van der Waals surface area contributed by atoms with E-state index in [0.717, 1.165) is 18.8 Å². The molecular formula is C16H19N3O2. The highest BCUT2D eigenvalue weighted by atomic mass is 16.6. The van der Waals surface area contributed by atoms with E-state index in [1.54, 1.807) is 12.1 Å². The predicted octanol–water partition coefficient (Wildman–Crippen LogP) is 3.17. The molecule has 0 unspecified atom stereocenters. The molecule has 21 heavy (non-hydrogen) atoms. The second kappa shape index (κ2) is 6.74. The Bertz CT molecular complexity index is 584. The lowest BCUT2D eigenvalue weighted by atomic mass is 10.2. The van der Waals surface area contributed by atoms with Crippen LogP contribution in [0.15, 0.2) is 54.6 Å². The van der Waals surface area contributed by atoms with Crippen LogP contribution in [0.4, 0.5) is 17.1 Å². The Morgan fingerprint density at radius 3 is 1.81 bits per heavy atom. The van der Waals surface area contributed by atoms with Crippen molar-refractivity contribution in [3.63, 3.8) is 0 Å². The van der Waals surface area contributed by atoms with Gasteiger partial charge in [-0.15, -0.1) is 0 Å². The fourth-order valence-electron chi connectivity index (χ4n) is 2.07. The Labute approximate surface area is 124 Å². The third-order valence-corrected chi connectivity index (χ3v) is 3.47. The number of rotatable bonds is 6. The number of benzene rings is 2. The van der Waals surface area contributed by atoms with E-state index in [4.69, 9.17) is 0 Å². The number of para-hydroxylation sites is 1. The zero-order valence-corrected chi connectivity index (χ0v) is 12.3. The predicted molar refractivity (Wildman–Crippen MR) is 86.1 cm³/mol. The standard InChI is InChI=1S/C16H19N3O2/c1-17(14-6-4-3-5-7-14)12-13-18(2)15-8-10-16(11-9-15)19(20)21/h3-11H,12-13H2,1-2H3. The van der Waals surface area contributed by atoms with Crippen LogP contribution in [-0.2, 0) is 0 Å². The van der Waals surface area contributed by atoms with Gasteiger partial charge >= 0.3 is 0 Å². The van der Waals surface area contributed by atoms with Gasteiger partial charge < -0.3 is 9.80 Å². The minimum absolute atomic E-state index is 0.119. The Balaban J connectivity index is 1.92. The molecule has 2 aromatic carbocycles. The topological polar surface area (TPSA) is 49.6 Å². The second-order valence-corrected chi connectivity index (χ2v) is 4.95. The highest BCUT2D eigenvalue weighted by Crippen LogP contribution is 2.18. The molecule has 0 heterocycles. The lowest BCUT2D eigenvalue weighted by Crippen LogP contribution is -2.30. The van der Waals surface area contributed by atoms with Crippen LogP contribution in [0.5, 0.6) is 0 Å². The fraction of sp³-hybridized carbons (Fsp3) is 0.250. The van der Waals surface area contributed by atoms with Crippen molar-refractivity contribution in [1.29, 1.82) is 0 Å². The van der Waals surface area contributed by atoms with Crippen LogP contribution in [0, 0.1) is 10.1 Å². The average molecular weight is 285 g/mol. The molecule has 0 atom stereocenters. The van der Waals surface area contributed by atoms with Gasteiger partial charge in [0.05, 0.1) is 4.92 Å². The highest BCUT2D eigenvalue weighted by Gasteiger charge is 2.07. The summed E-state index contributed by atoms with van der Waals surface area (Å²) < 4.78 is 0. The molecule has 0 bridgehead atoms. The van der Waals surface area contributed by atoms with Crippen molar-refractivity contribution in [3.8, 4) is 0 Å². The SMILES string of the molecule is CN(CCN(C)c1ccc([N+](=O)[O-])cc1)c1ccccc1. The van der Waals surface area contributed by atoms with E-state index in [1.165, 1.54) is 17.8 Å². The molecule has 0 fully saturated rings. The van der Waals surface area contributed by atoms with Gasteiger partial charge in [0.25, 0.3) is 5.69 Å². The molecule has 0 saturated heterocycles. The monoisotopic (exact) mass is 285 g/mol. The first-order chi connectivity index (χ1) is 10.1. The lowest BCUT2D eigenvalue weighted by Gasteiger charge is -2.25. The Morgan fingerprint density at radius 2 is 1.33 bits per heavy atom. The molecular weight excluding hydrogens is 266 g/mol. The van der Waals surface area contributed by atoms with Crippen LogP contribution < -0.4 is 9.80 Å². The van der Waals surface area contributed by atoms with Crippen molar-refractivity contribution < 1.29 is 4.92 Å². The molecule has 0 spiro atoms. The maximum Gasteiger partial charge on any atom is 0.269 e. The molecule has 5 heteroatoms. The van der Waals surface area contributed by atoms with Gasteiger partial charge in [-0.25, -0.2) is 0 Å². The maximum absolute atomic E-state index is 10.6. The number of non-ortho nitro benzene ring substituents is 1. The van der Waals surface area contributed by atoms with E-state index in [2.05, 4.69) is 29.0 Å². The van der Waals surface area contributed by atoms with Gasteiger partial charge in [-0.1, -0.05) is 18.2 Å². The number of nitrogens with zero attached hydrogens (tertiary/aromatic N) is 3. The molecule has 2 aromatic rings. The van der Waals surface area contributed by atoms with E-state index >= 15 is 0 Å². The molecule has 5 nitrogen and oxygen atoms in total. The largest absolute Gasteiger partial charge is 0.373 e. The van der Waals surface area contributed by atoms with Crippen LogP contribution in [0.2, 0.25) is 0 Å². The molecule has 2 rings (SSSR count). The normalized spacial score (nSPS) is 10.2. The summed E-state index contributed by atoms with van der Waals surface area (Å²) in [5.41, 5.74) is 2.27. The summed E-state index contributed by atoms with van der Waals surface area (Å²) >= 11 is 0. The molecule has 110 valence electrons. The van der Waals surface area contributed by atoms with Crippen molar-refractivity contribution in [2.24, 2.45) is 0 Å². The second-order valence-electron chi connectivity index (χ2n) is 4.95. The van der Waals surface area contributed by atoms with Gasteiger partial charge in [0.1, 0.15) is 0 Å². The molecule has 0 aromatic heterocycles. The Kier molecular flexibility index (Phi) is 4.77. The van der Waals surface area contributed by atoms with Crippen LogP contribution in [0.3, 0.4) is 0 Å². The van der Waals surface area contributed by atoms with Crippen molar-refractivity contribution in [1.82, 2.24) is 0 Å². The summed E-state index contributed by atoms with van der Waals surface area (Å²) in [6, 6.07) is 16.8. The number of anilines is 2. The van der Waals surface area contributed by atoms with Gasteiger partial charge in [-0.05, 0) is 24.3 Å². The van der Waals surface area contributed by atoms with Crippen molar-refractivity contribution in [2.75, 3.05) is 37.0 Å². The van der Waals surface area contributed by atoms with Crippen LogP contribution in [0.1, 0.15) is 0 Å². The van der Waals surface area contributed by atoms with Gasteiger partial charge in [0.15, 0.2) is 0 Å². The van der Waals surface area contributed by atoms with Crippen molar-refractivity contribution >= 4 is 17.1 Å². The summed E-state index contributed by atoms with van der Waals surface area (Å²) in [5.74, 6) is 0. The summed E-state index contributed by atoms with van der Waals surface area (Å²) in [6.07, 6.45) is 0. The van der Waals surface area contributed by atoms with Crippen LogP contribution >= 0.6 is 0 Å². The summed E-state index contributed by atoms with van der Waals surface area (Å²) in [6.45, 7) is 1.71. The van der Waals surface area contributed by atoms with Crippen molar-refractivity contribution in [3.05, 3.63) is 64.7 Å². The minimum Gasteiger partial charge on any atom is -0.373 e. The molecule has 0 aliphatic rings. The van der Waals surface area contributed by atoms with E-state index in [-0.39, 0.29) is 10.6 Å². The zero-order chi connectivity index (χ0) is 15.2. The summed E-state index contributed by atoms with van der Waals surface area (Å²) in [5, 5.41) is 10.6. The smallest absolute Gasteiger partial charge is 0.269 e. The third-order valence-electron chi connectivity index (χ3n) is 3.47. The zero-order valence-electron chi connectivity index (χ0n) is 12.3. The van der Waals surface area contributed by atoms with E-state index < -0.39 is 0 Å². The van der Waals surface area contributed by atoms with E-state index in [0.29, 0.717) is 0 Å². The van der Waals surface area contributed by atoms with Gasteiger partial charge in [0.2, 0.25) is 0 Å². The third kappa shape index (κ3) is 3.95. The molecule has 0 aliphatic carbocycles. The van der Waals surface area contributed by atoms with E-state index in [9.17, 15) is 10.1 Å². The minimum atomic E-state index is -0.382.